The fourth-order valence-electron chi connectivity index (χ4n) is 4.14. The van der Waals surface area contributed by atoms with Crippen LogP contribution in [0.3, 0.4) is 0 Å². The summed E-state index contributed by atoms with van der Waals surface area (Å²) < 4.78 is 19.0. The summed E-state index contributed by atoms with van der Waals surface area (Å²) in [5.74, 6) is 8.35. The topological polar surface area (TPSA) is 51.5 Å². The number of nitrogens with zero attached hydrogens (tertiary/aromatic N) is 1. The Kier molecular flexibility index (Phi) is 6.38. The summed E-state index contributed by atoms with van der Waals surface area (Å²) in [4.78, 5) is 0. The Morgan fingerprint density at radius 3 is 2.71 bits per heavy atom. The van der Waals surface area contributed by atoms with Crippen LogP contribution in [0.2, 0.25) is 0 Å². The first kappa shape index (κ1) is 21.9. The summed E-state index contributed by atoms with van der Waals surface area (Å²) in [6.45, 7) is 3.40. The molecule has 0 saturated carbocycles. The highest BCUT2D eigenvalue weighted by atomic mass is 32.1. The Labute approximate surface area is 203 Å². The summed E-state index contributed by atoms with van der Waals surface area (Å²) in [6.07, 6.45) is 0.381. The van der Waals surface area contributed by atoms with Gasteiger partial charge in [-0.15, -0.1) is 17.3 Å². The monoisotopic (exact) mass is 465 g/mol. The molecule has 34 heavy (non-hydrogen) atoms. The molecule has 0 saturated heterocycles. The highest BCUT2D eigenvalue weighted by Crippen LogP contribution is 2.44. The number of para-hydroxylation sites is 1. The van der Waals surface area contributed by atoms with Gasteiger partial charge >= 0.3 is 0 Å². The van der Waals surface area contributed by atoms with Crippen LogP contribution in [0, 0.1) is 23.2 Å². The minimum atomic E-state index is -0.0680. The number of rotatable bonds is 6. The van der Waals surface area contributed by atoms with Crippen molar-refractivity contribution in [2.75, 3.05) is 13.2 Å². The Hall–Kier alpha value is -3.93. The van der Waals surface area contributed by atoms with E-state index in [9.17, 15) is 0 Å². The third-order valence-corrected chi connectivity index (χ3v) is 6.76. The number of hydrogen-bond donors (Lipinski definition) is 0. The zero-order valence-corrected chi connectivity index (χ0v) is 19.7. The summed E-state index contributed by atoms with van der Waals surface area (Å²) in [6, 6.07) is 22.6. The molecule has 0 amide bonds. The van der Waals surface area contributed by atoms with E-state index < -0.39 is 0 Å². The molecule has 3 aromatic carbocycles. The van der Waals surface area contributed by atoms with Gasteiger partial charge in [0.15, 0.2) is 11.5 Å². The average Bonchev–Trinajstić information content (AvgIpc) is 3.30. The molecule has 4 aromatic rings. The number of thiophene rings is 1. The average molecular weight is 466 g/mol. The predicted octanol–water partition coefficient (Wildman–Crippen LogP) is 6.94. The molecule has 0 N–H and O–H groups in total. The first-order valence-corrected chi connectivity index (χ1v) is 12.1. The summed E-state index contributed by atoms with van der Waals surface area (Å²) >= 11 is 1.72. The molecule has 4 nitrogen and oxygen atoms in total. The smallest absolute Gasteiger partial charge is 0.169 e. The SMILES string of the molecule is CC#C[C@@H](CC#N)c1ccc(OCc2ccc3scc(-c4cccc5c4OCCO5)c3c2)cc1. The maximum absolute atomic E-state index is 9.04. The second-order valence-corrected chi connectivity index (χ2v) is 8.89. The highest BCUT2D eigenvalue weighted by Gasteiger charge is 2.19. The molecule has 0 radical (unpaired) electrons. The van der Waals surface area contributed by atoms with E-state index in [-0.39, 0.29) is 5.92 Å². The van der Waals surface area contributed by atoms with Crippen LogP contribution in [0.15, 0.2) is 66.0 Å². The normalized spacial score (nSPS) is 12.9. The van der Waals surface area contributed by atoms with Crippen molar-refractivity contribution in [2.45, 2.75) is 25.9 Å². The van der Waals surface area contributed by atoms with Crippen molar-refractivity contribution >= 4 is 21.4 Å². The lowest BCUT2D eigenvalue weighted by molar-refractivity contribution is 0.172. The van der Waals surface area contributed by atoms with Crippen molar-refractivity contribution in [1.82, 2.24) is 0 Å². The van der Waals surface area contributed by atoms with Crippen LogP contribution in [-0.4, -0.2) is 13.2 Å². The van der Waals surface area contributed by atoms with Gasteiger partial charge < -0.3 is 14.2 Å². The maximum Gasteiger partial charge on any atom is 0.169 e. The quantitative estimate of drug-likeness (QED) is 0.290. The molecule has 2 heterocycles. The number of ether oxygens (including phenoxy) is 3. The second kappa shape index (κ2) is 9.91. The van der Waals surface area contributed by atoms with Gasteiger partial charge in [-0.2, -0.15) is 5.26 Å². The lowest BCUT2D eigenvalue weighted by atomic mass is 9.97. The van der Waals surface area contributed by atoms with Crippen LogP contribution in [0.25, 0.3) is 21.2 Å². The van der Waals surface area contributed by atoms with E-state index in [1.807, 2.05) is 36.4 Å². The fraction of sp³-hybridized carbons (Fsp3) is 0.207. The highest BCUT2D eigenvalue weighted by molar-refractivity contribution is 7.17. The van der Waals surface area contributed by atoms with E-state index in [2.05, 4.69) is 47.6 Å². The molecule has 1 atom stereocenters. The van der Waals surface area contributed by atoms with Gasteiger partial charge in [-0.05, 0) is 53.8 Å². The molecular formula is C29H23NO3S. The molecule has 0 spiro atoms. The number of benzene rings is 3. The van der Waals surface area contributed by atoms with Crippen molar-refractivity contribution in [2.24, 2.45) is 0 Å². The Bertz CT molecular complexity index is 1420. The molecule has 1 aromatic heterocycles. The van der Waals surface area contributed by atoms with Gasteiger partial charge in [-0.25, -0.2) is 0 Å². The van der Waals surface area contributed by atoms with Crippen LogP contribution in [0.5, 0.6) is 17.2 Å². The number of nitriles is 1. The molecule has 0 bridgehead atoms. The zero-order valence-electron chi connectivity index (χ0n) is 18.8. The first-order chi connectivity index (χ1) is 16.8. The standard InChI is InChI=1S/C29H23NO3S/c1-2-4-21(13-14-30)22-8-10-23(11-9-22)33-18-20-7-12-28-25(17-20)26(19-34-28)24-5-3-6-27-29(24)32-16-15-31-27/h3,5-12,17,19,21H,13,15-16,18H2,1H3/t21-/m0/s1. The Morgan fingerprint density at radius 2 is 1.88 bits per heavy atom. The van der Waals surface area contributed by atoms with Gasteiger partial charge in [0.1, 0.15) is 25.6 Å². The molecule has 5 heteroatoms. The van der Waals surface area contributed by atoms with Crippen molar-refractivity contribution in [3.63, 3.8) is 0 Å². The van der Waals surface area contributed by atoms with Gasteiger partial charge in [-0.1, -0.05) is 36.3 Å². The maximum atomic E-state index is 9.04. The van der Waals surface area contributed by atoms with Crippen molar-refractivity contribution in [3.8, 4) is 46.3 Å². The summed E-state index contributed by atoms with van der Waals surface area (Å²) in [7, 11) is 0. The molecule has 0 fully saturated rings. The summed E-state index contributed by atoms with van der Waals surface area (Å²) in [5.41, 5.74) is 4.33. The second-order valence-electron chi connectivity index (χ2n) is 7.98. The van der Waals surface area contributed by atoms with Crippen molar-refractivity contribution in [3.05, 3.63) is 77.2 Å². The molecular weight excluding hydrogens is 442 g/mol. The van der Waals surface area contributed by atoms with Gasteiger partial charge in [0, 0.05) is 21.2 Å². The minimum Gasteiger partial charge on any atom is -0.489 e. The van der Waals surface area contributed by atoms with E-state index in [0.717, 1.165) is 39.5 Å². The van der Waals surface area contributed by atoms with Gasteiger partial charge in [-0.3, -0.25) is 0 Å². The van der Waals surface area contributed by atoms with E-state index in [1.165, 1.54) is 10.1 Å². The molecule has 168 valence electrons. The predicted molar refractivity (Wildman–Crippen MR) is 135 cm³/mol. The molecule has 0 aliphatic carbocycles. The lowest BCUT2D eigenvalue weighted by Gasteiger charge is -2.20. The first-order valence-electron chi connectivity index (χ1n) is 11.2. The van der Waals surface area contributed by atoms with Crippen molar-refractivity contribution < 1.29 is 14.2 Å². The molecule has 0 unspecified atom stereocenters. The third kappa shape index (κ3) is 4.44. The number of hydrogen-bond acceptors (Lipinski definition) is 5. The van der Waals surface area contributed by atoms with Crippen LogP contribution >= 0.6 is 11.3 Å². The lowest BCUT2D eigenvalue weighted by Crippen LogP contribution is -2.15. The third-order valence-electron chi connectivity index (χ3n) is 5.80. The summed E-state index contributed by atoms with van der Waals surface area (Å²) in [5, 5.41) is 12.4. The van der Waals surface area contributed by atoms with E-state index >= 15 is 0 Å². The largest absolute Gasteiger partial charge is 0.489 e. The number of fused-ring (bicyclic) bond motifs is 2. The Balaban J connectivity index is 1.36. The fourth-order valence-corrected chi connectivity index (χ4v) is 5.08. The van der Waals surface area contributed by atoms with Crippen LogP contribution in [0.1, 0.15) is 30.4 Å². The van der Waals surface area contributed by atoms with E-state index in [0.29, 0.717) is 26.2 Å². The molecule has 5 rings (SSSR count). The van der Waals surface area contributed by atoms with Crippen LogP contribution < -0.4 is 14.2 Å². The van der Waals surface area contributed by atoms with Gasteiger partial charge in [0.25, 0.3) is 0 Å². The van der Waals surface area contributed by atoms with E-state index in [1.54, 1.807) is 18.3 Å². The Morgan fingerprint density at radius 1 is 1.03 bits per heavy atom. The van der Waals surface area contributed by atoms with E-state index in [4.69, 9.17) is 19.5 Å². The minimum absolute atomic E-state index is 0.0680. The molecule has 1 aliphatic rings. The van der Waals surface area contributed by atoms with Crippen molar-refractivity contribution in [1.29, 1.82) is 5.26 Å². The zero-order chi connectivity index (χ0) is 23.3. The van der Waals surface area contributed by atoms with Gasteiger partial charge in [0.05, 0.1) is 18.4 Å². The van der Waals surface area contributed by atoms with Crippen LogP contribution in [0.4, 0.5) is 0 Å². The van der Waals surface area contributed by atoms with Gasteiger partial charge in [0.2, 0.25) is 0 Å². The van der Waals surface area contributed by atoms with Crippen LogP contribution in [-0.2, 0) is 6.61 Å². The molecule has 1 aliphatic heterocycles.